The van der Waals surface area contributed by atoms with Gasteiger partial charge in [-0.3, -0.25) is 0 Å². The summed E-state index contributed by atoms with van der Waals surface area (Å²) in [6.45, 7) is 1.14. The first kappa shape index (κ1) is 19.1. The van der Waals surface area contributed by atoms with Crippen molar-refractivity contribution in [2.24, 2.45) is 0 Å². The molecule has 5 heteroatoms. The number of hydrogen-bond donors (Lipinski definition) is 1. The molecule has 122 valence electrons. The summed E-state index contributed by atoms with van der Waals surface area (Å²) in [5.41, 5.74) is 1.12. The van der Waals surface area contributed by atoms with Crippen molar-refractivity contribution in [2.75, 3.05) is 20.5 Å². The van der Waals surface area contributed by atoms with Gasteiger partial charge in [0.2, 0.25) is 0 Å². The molecule has 0 heterocycles. The quantitative estimate of drug-likeness (QED) is 0.368. The van der Waals surface area contributed by atoms with E-state index in [1.807, 2.05) is 42.5 Å². The largest absolute Gasteiger partial charge is 0.390 e. The Morgan fingerprint density at radius 1 is 1.23 bits per heavy atom. The van der Waals surface area contributed by atoms with Crippen LogP contribution in [0.2, 0.25) is 0 Å². The Morgan fingerprint density at radius 2 is 2.00 bits per heavy atom. The summed E-state index contributed by atoms with van der Waals surface area (Å²) < 4.78 is 15.9. The Hall–Kier alpha value is -0.980. The predicted molar refractivity (Wildman–Crippen MR) is 90.7 cm³/mol. The van der Waals surface area contributed by atoms with E-state index in [-0.39, 0.29) is 6.79 Å². The van der Waals surface area contributed by atoms with Crippen LogP contribution in [0.15, 0.2) is 53.5 Å². The van der Waals surface area contributed by atoms with Gasteiger partial charge >= 0.3 is 0 Å². The molecule has 0 saturated heterocycles. The third-order valence-electron chi connectivity index (χ3n) is 2.91. The average molecular weight is 371 g/mol. The molecule has 0 aliphatic carbocycles. The molecule has 0 bridgehead atoms. The third-order valence-corrected chi connectivity index (χ3v) is 3.22. The average Bonchev–Trinajstić information content (AvgIpc) is 2.55. The maximum Gasteiger partial charge on any atom is 0.147 e. The number of hydrogen-bond acceptors (Lipinski definition) is 4. The normalized spacial score (nSPS) is 14.7. The second-order valence-corrected chi connectivity index (χ2v) is 5.16. The number of rotatable bonds is 11. The second kappa shape index (κ2) is 12.6. The molecule has 0 aliphatic rings. The van der Waals surface area contributed by atoms with E-state index in [0.717, 1.165) is 5.56 Å². The predicted octanol–water partition coefficient (Wildman–Crippen LogP) is 3.41. The van der Waals surface area contributed by atoms with E-state index in [0.29, 0.717) is 19.6 Å². The summed E-state index contributed by atoms with van der Waals surface area (Å²) in [7, 11) is 1.55. The second-order valence-electron chi connectivity index (χ2n) is 4.64. The van der Waals surface area contributed by atoms with E-state index >= 15 is 0 Å². The Bertz CT molecular complexity index is 434. The lowest BCUT2D eigenvalue weighted by Crippen LogP contribution is -2.29. The fourth-order valence-electron chi connectivity index (χ4n) is 1.79. The van der Waals surface area contributed by atoms with Crippen LogP contribution in [0.1, 0.15) is 12.0 Å². The van der Waals surface area contributed by atoms with Gasteiger partial charge in [0.25, 0.3) is 0 Å². The minimum atomic E-state index is -0.647. The van der Waals surface area contributed by atoms with Crippen LogP contribution in [0.25, 0.3) is 0 Å². The highest BCUT2D eigenvalue weighted by Gasteiger charge is 2.16. The standard InChI is InChI=1S/C17H23BrO4/c1-20-14-22-17(9-5-6-11-18)16(19)10-12-21-13-15-7-3-2-4-8-15/h2-9,11,16-17,19H,10,12-14H2,1H3/b9-5+,11-6+/t16-,17-/m0/s1. The zero-order valence-electron chi connectivity index (χ0n) is 12.7. The first-order valence-electron chi connectivity index (χ1n) is 7.11. The fourth-order valence-corrected chi connectivity index (χ4v) is 1.97. The molecule has 0 aliphatic heterocycles. The molecule has 0 fully saturated rings. The Labute approximate surface area is 140 Å². The van der Waals surface area contributed by atoms with E-state index in [9.17, 15) is 5.11 Å². The van der Waals surface area contributed by atoms with Gasteiger partial charge in [-0.05, 0) is 17.0 Å². The molecule has 2 atom stereocenters. The lowest BCUT2D eigenvalue weighted by Gasteiger charge is -2.20. The SMILES string of the molecule is COCO[C@@H](/C=C/C=C/Br)[C@@H](O)CCOCc1ccccc1. The van der Waals surface area contributed by atoms with Crippen molar-refractivity contribution in [3.8, 4) is 0 Å². The van der Waals surface area contributed by atoms with Crippen molar-refractivity contribution >= 4 is 15.9 Å². The van der Waals surface area contributed by atoms with Gasteiger partial charge in [-0.25, -0.2) is 0 Å². The molecule has 0 spiro atoms. The molecule has 4 nitrogen and oxygen atoms in total. The van der Waals surface area contributed by atoms with Crippen LogP contribution in [0.5, 0.6) is 0 Å². The number of halogens is 1. The number of methoxy groups -OCH3 is 1. The number of aliphatic hydroxyl groups is 1. The maximum absolute atomic E-state index is 10.2. The lowest BCUT2D eigenvalue weighted by molar-refractivity contribution is -0.0981. The zero-order chi connectivity index (χ0) is 16.0. The first-order chi connectivity index (χ1) is 10.8. The van der Waals surface area contributed by atoms with Crippen molar-refractivity contribution in [1.82, 2.24) is 0 Å². The highest BCUT2D eigenvalue weighted by molar-refractivity contribution is 9.11. The van der Waals surface area contributed by atoms with Crippen molar-refractivity contribution in [3.63, 3.8) is 0 Å². The molecule has 0 amide bonds. The summed E-state index contributed by atoms with van der Waals surface area (Å²) in [6.07, 6.45) is 4.82. The van der Waals surface area contributed by atoms with Crippen LogP contribution in [0.3, 0.4) is 0 Å². The molecule has 1 aromatic rings. The Morgan fingerprint density at radius 3 is 2.68 bits per heavy atom. The molecule has 0 unspecified atom stereocenters. The summed E-state index contributed by atoms with van der Waals surface area (Å²) in [5.74, 6) is 0. The van der Waals surface area contributed by atoms with Crippen LogP contribution in [0.4, 0.5) is 0 Å². The van der Waals surface area contributed by atoms with Crippen LogP contribution in [0, 0.1) is 0 Å². The molecule has 0 saturated carbocycles. The number of aliphatic hydroxyl groups excluding tert-OH is 1. The van der Waals surface area contributed by atoms with Gasteiger partial charge in [0.05, 0.1) is 12.7 Å². The maximum atomic E-state index is 10.2. The summed E-state index contributed by atoms with van der Waals surface area (Å²) in [6, 6.07) is 9.94. The monoisotopic (exact) mass is 370 g/mol. The third kappa shape index (κ3) is 8.46. The van der Waals surface area contributed by atoms with Crippen molar-refractivity contribution in [2.45, 2.75) is 25.2 Å². The minimum Gasteiger partial charge on any atom is -0.390 e. The molecule has 1 N–H and O–H groups in total. The highest BCUT2D eigenvalue weighted by Crippen LogP contribution is 2.08. The van der Waals surface area contributed by atoms with Crippen LogP contribution in [-0.2, 0) is 20.8 Å². The first-order valence-corrected chi connectivity index (χ1v) is 8.03. The molecular weight excluding hydrogens is 348 g/mol. The van der Waals surface area contributed by atoms with E-state index < -0.39 is 12.2 Å². The fraction of sp³-hybridized carbons (Fsp3) is 0.412. The molecule has 0 aromatic heterocycles. The summed E-state index contributed by atoms with van der Waals surface area (Å²) in [4.78, 5) is 1.73. The Kier molecular flexibility index (Phi) is 10.9. The molecule has 1 rings (SSSR count). The number of ether oxygens (including phenoxy) is 3. The van der Waals surface area contributed by atoms with Crippen molar-refractivity contribution in [1.29, 1.82) is 0 Å². The summed E-state index contributed by atoms with van der Waals surface area (Å²) >= 11 is 3.18. The number of benzene rings is 1. The smallest absolute Gasteiger partial charge is 0.147 e. The van der Waals surface area contributed by atoms with E-state index in [2.05, 4.69) is 15.9 Å². The molecule has 0 radical (unpaired) electrons. The van der Waals surface area contributed by atoms with Gasteiger partial charge in [-0.2, -0.15) is 0 Å². The van der Waals surface area contributed by atoms with Gasteiger partial charge in [-0.1, -0.05) is 64.5 Å². The van der Waals surface area contributed by atoms with Crippen molar-refractivity contribution < 1.29 is 19.3 Å². The topological polar surface area (TPSA) is 47.9 Å². The summed E-state index contributed by atoms with van der Waals surface area (Å²) in [5, 5.41) is 10.2. The molecule has 1 aromatic carbocycles. The van der Waals surface area contributed by atoms with E-state index in [1.165, 1.54) is 0 Å². The van der Waals surface area contributed by atoms with Gasteiger partial charge < -0.3 is 19.3 Å². The molecular formula is C17H23BrO4. The van der Waals surface area contributed by atoms with Gasteiger partial charge in [-0.15, -0.1) is 0 Å². The van der Waals surface area contributed by atoms with E-state index in [4.69, 9.17) is 14.2 Å². The molecule has 22 heavy (non-hydrogen) atoms. The van der Waals surface area contributed by atoms with Crippen LogP contribution in [-0.4, -0.2) is 37.8 Å². The minimum absolute atomic E-state index is 0.134. The highest BCUT2D eigenvalue weighted by atomic mass is 79.9. The van der Waals surface area contributed by atoms with Crippen molar-refractivity contribution in [3.05, 3.63) is 59.1 Å². The van der Waals surface area contributed by atoms with Gasteiger partial charge in [0, 0.05) is 13.7 Å². The van der Waals surface area contributed by atoms with Crippen LogP contribution >= 0.6 is 15.9 Å². The van der Waals surface area contributed by atoms with Gasteiger partial charge in [0.1, 0.15) is 12.9 Å². The lowest BCUT2D eigenvalue weighted by atomic mass is 10.1. The van der Waals surface area contributed by atoms with Crippen LogP contribution < -0.4 is 0 Å². The Balaban J connectivity index is 2.33. The van der Waals surface area contributed by atoms with Gasteiger partial charge in [0.15, 0.2) is 0 Å². The zero-order valence-corrected chi connectivity index (χ0v) is 14.3. The number of allylic oxidation sites excluding steroid dienone is 2. The van der Waals surface area contributed by atoms with E-state index in [1.54, 1.807) is 18.2 Å².